The first-order chi connectivity index (χ1) is 4.97. The second kappa shape index (κ2) is 3.39. The van der Waals surface area contributed by atoms with Gasteiger partial charge in [0.15, 0.2) is 0 Å². The Hall–Kier alpha value is -1.02. The van der Waals surface area contributed by atoms with Gasteiger partial charge >= 0.3 is 0 Å². The minimum atomic E-state index is 0. The molecular weight excluding hydrogens is 160 g/mol. The van der Waals surface area contributed by atoms with Gasteiger partial charge in [-0.15, -0.1) is 12.4 Å². The Balaban J connectivity index is 0.000000605. The van der Waals surface area contributed by atoms with E-state index in [-0.39, 0.29) is 12.4 Å². The van der Waals surface area contributed by atoms with Crippen molar-refractivity contribution in [2.45, 2.75) is 6.54 Å². The summed E-state index contributed by atoms with van der Waals surface area (Å²) in [4.78, 5) is 0. The lowest BCUT2D eigenvalue weighted by Gasteiger charge is -2.09. The molecule has 1 aromatic carbocycles. The quantitative estimate of drug-likeness (QED) is 0.625. The van der Waals surface area contributed by atoms with E-state index in [1.165, 1.54) is 11.1 Å². The van der Waals surface area contributed by atoms with E-state index in [9.17, 15) is 0 Å². The lowest BCUT2D eigenvalue weighted by Crippen LogP contribution is -2.12. The van der Waals surface area contributed by atoms with Crippen LogP contribution in [-0.4, -0.2) is 6.21 Å². The molecule has 0 saturated heterocycles. The molecule has 0 atom stereocenters. The molecule has 0 spiro atoms. The van der Waals surface area contributed by atoms with Crippen LogP contribution < -0.4 is 5.43 Å². The van der Waals surface area contributed by atoms with Crippen LogP contribution in [0, 0.1) is 0 Å². The molecule has 0 unspecified atom stereocenters. The van der Waals surface area contributed by atoms with Crippen LogP contribution in [0.4, 0.5) is 0 Å². The van der Waals surface area contributed by atoms with E-state index in [4.69, 9.17) is 0 Å². The molecule has 0 fully saturated rings. The number of fused-ring (bicyclic) bond motifs is 1. The van der Waals surface area contributed by atoms with Gasteiger partial charge in [0.1, 0.15) is 0 Å². The van der Waals surface area contributed by atoms with Gasteiger partial charge in [-0.2, -0.15) is 5.10 Å². The van der Waals surface area contributed by atoms with Crippen LogP contribution in [-0.2, 0) is 6.54 Å². The fraction of sp³-hybridized carbons (Fsp3) is 0.125. The Bertz CT molecular complexity index is 271. The van der Waals surface area contributed by atoms with Crippen molar-refractivity contribution >= 4 is 18.6 Å². The molecule has 0 radical (unpaired) electrons. The van der Waals surface area contributed by atoms with E-state index in [2.05, 4.69) is 22.7 Å². The average molecular weight is 169 g/mol. The van der Waals surface area contributed by atoms with Crippen molar-refractivity contribution in [2.75, 3.05) is 0 Å². The molecule has 11 heavy (non-hydrogen) atoms. The van der Waals surface area contributed by atoms with Crippen LogP contribution in [0.2, 0.25) is 0 Å². The molecule has 0 amide bonds. The fourth-order valence-corrected chi connectivity index (χ4v) is 1.07. The third kappa shape index (κ3) is 1.52. The molecule has 0 bridgehead atoms. The van der Waals surface area contributed by atoms with E-state index in [1.807, 2.05) is 18.3 Å². The van der Waals surface area contributed by atoms with Gasteiger partial charge in [-0.25, -0.2) is 0 Å². The van der Waals surface area contributed by atoms with Crippen LogP contribution in [0.5, 0.6) is 0 Å². The van der Waals surface area contributed by atoms with E-state index in [1.54, 1.807) is 0 Å². The predicted octanol–water partition coefficient (Wildman–Crippen LogP) is 1.55. The van der Waals surface area contributed by atoms with Crippen LogP contribution >= 0.6 is 12.4 Å². The number of nitrogens with one attached hydrogen (secondary N) is 1. The zero-order valence-electron chi connectivity index (χ0n) is 5.95. The van der Waals surface area contributed by atoms with Gasteiger partial charge in [0.25, 0.3) is 0 Å². The molecular formula is C8H9ClN2. The minimum absolute atomic E-state index is 0. The van der Waals surface area contributed by atoms with Crippen LogP contribution in [0.3, 0.4) is 0 Å². The molecule has 1 aromatic rings. The third-order valence-corrected chi connectivity index (χ3v) is 1.62. The van der Waals surface area contributed by atoms with Crippen LogP contribution in [0.25, 0.3) is 0 Å². The largest absolute Gasteiger partial charge is 0.306 e. The second-order valence-electron chi connectivity index (χ2n) is 2.29. The van der Waals surface area contributed by atoms with Crippen molar-refractivity contribution in [1.29, 1.82) is 0 Å². The summed E-state index contributed by atoms with van der Waals surface area (Å²) >= 11 is 0. The third-order valence-electron chi connectivity index (χ3n) is 1.62. The number of nitrogens with zero attached hydrogens (tertiary/aromatic N) is 1. The van der Waals surface area contributed by atoms with Gasteiger partial charge in [0.2, 0.25) is 0 Å². The number of hydrogen-bond donors (Lipinski definition) is 1. The Morgan fingerprint density at radius 3 is 2.91 bits per heavy atom. The van der Waals surface area contributed by atoms with Gasteiger partial charge in [-0.1, -0.05) is 24.3 Å². The first kappa shape index (κ1) is 8.08. The molecule has 0 aromatic heterocycles. The first-order valence-corrected chi connectivity index (χ1v) is 3.30. The van der Waals surface area contributed by atoms with E-state index < -0.39 is 0 Å². The molecule has 3 heteroatoms. The summed E-state index contributed by atoms with van der Waals surface area (Å²) in [6, 6.07) is 8.24. The number of rotatable bonds is 0. The number of hydrogen-bond acceptors (Lipinski definition) is 2. The highest BCUT2D eigenvalue weighted by Gasteiger charge is 2.00. The lowest BCUT2D eigenvalue weighted by atomic mass is 10.1. The fourth-order valence-electron chi connectivity index (χ4n) is 1.07. The Labute approximate surface area is 71.7 Å². The van der Waals surface area contributed by atoms with E-state index >= 15 is 0 Å². The van der Waals surface area contributed by atoms with Gasteiger partial charge in [-0.05, 0) is 11.1 Å². The lowest BCUT2D eigenvalue weighted by molar-refractivity contribution is 0.735. The summed E-state index contributed by atoms with van der Waals surface area (Å²) in [6.45, 7) is 0.854. The van der Waals surface area contributed by atoms with Crippen molar-refractivity contribution in [3.63, 3.8) is 0 Å². The summed E-state index contributed by atoms with van der Waals surface area (Å²) in [5.41, 5.74) is 5.45. The average Bonchev–Trinajstić information content (AvgIpc) is 2.05. The Kier molecular flexibility index (Phi) is 2.49. The van der Waals surface area contributed by atoms with Gasteiger partial charge in [0.05, 0.1) is 12.8 Å². The molecule has 0 aliphatic carbocycles. The SMILES string of the molecule is C1=NNCc2ccccc21.Cl. The van der Waals surface area contributed by atoms with E-state index in [0.717, 1.165) is 6.54 Å². The number of benzene rings is 1. The highest BCUT2D eigenvalue weighted by atomic mass is 35.5. The monoisotopic (exact) mass is 168 g/mol. The number of hydrazone groups is 1. The highest BCUT2D eigenvalue weighted by Crippen LogP contribution is 2.07. The number of halogens is 1. The van der Waals surface area contributed by atoms with Gasteiger partial charge in [0, 0.05) is 0 Å². The van der Waals surface area contributed by atoms with Crippen molar-refractivity contribution in [1.82, 2.24) is 5.43 Å². The van der Waals surface area contributed by atoms with Crippen LogP contribution in [0.1, 0.15) is 11.1 Å². The summed E-state index contributed by atoms with van der Waals surface area (Å²) < 4.78 is 0. The van der Waals surface area contributed by atoms with Crippen molar-refractivity contribution < 1.29 is 0 Å². The van der Waals surface area contributed by atoms with Gasteiger partial charge in [-0.3, -0.25) is 0 Å². The maximum atomic E-state index is 3.94. The molecule has 0 saturated carbocycles. The summed E-state index contributed by atoms with van der Waals surface area (Å²) in [5, 5.41) is 3.94. The second-order valence-corrected chi connectivity index (χ2v) is 2.29. The summed E-state index contributed by atoms with van der Waals surface area (Å²) in [6.07, 6.45) is 1.85. The molecule has 58 valence electrons. The van der Waals surface area contributed by atoms with Crippen molar-refractivity contribution in [3.8, 4) is 0 Å². The molecule has 1 N–H and O–H groups in total. The van der Waals surface area contributed by atoms with Gasteiger partial charge < -0.3 is 5.43 Å². The molecule has 2 nitrogen and oxygen atoms in total. The zero-order valence-corrected chi connectivity index (χ0v) is 6.77. The molecule has 1 aliphatic rings. The van der Waals surface area contributed by atoms with E-state index in [0.29, 0.717) is 0 Å². The maximum absolute atomic E-state index is 3.94. The first-order valence-electron chi connectivity index (χ1n) is 3.30. The standard InChI is InChI=1S/C8H8N2.ClH/c1-2-4-8-6-10-9-5-7(8)3-1;/h1-5,10H,6H2;1H. The Morgan fingerprint density at radius 1 is 1.27 bits per heavy atom. The molecule has 1 aliphatic heterocycles. The topological polar surface area (TPSA) is 24.4 Å². The maximum Gasteiger partial charge on any atom is 0.0586 e. The molecule has 2 rings (SSSR count). The smallest absolute Gasteiger partial charge is 0.0586 e. The Morgan fingerprint density at radius 2 is 2.09 bits per heavy atom. The summed E-state index contributed by atoms with van der Waals surface area (Å²) in [7, 11) is 0. The molecule has 1 heterocycles. The summed E-state index contributed by atoms with van der Waals surface area (Å²) in [5.74, 6) is 0. The minimum Gasteiger partial charge on any atom is -0.306 e. The highest BCUT2D eigenvalue weighted by molar-refractivity contribution is 5.85. The zero-order chi connectivity index (χ0) is 6.81. The predicted molar refractivity (Wildman–Crippen MR) is 48.1 cm³/mol. The van der Waals surface area contributed by atoms with Crippen molar-refractivity contribution in [3.05, 3.63) is 35.4 Å². The van der Waals surface area contributed by atoms with Crippen LogP contribution in [0.15, 0.2) is 29.4 Å². The van der Waals surface area contributed by atoms with Crippen molar-refractivity contribution in [2.24, 2.45) is 5.10 Å². The normalized spacial score (nSPS) is 12.7.